The molecule has 172 valence electrons. The van der Waals surface area contributed by atoms with E-state index in [1.165, 1.54) is 29.5 Å². The smallest absolute Gasteiger partial charge is 0.235 e. The number of halogens is 1. The highest BCUT2D eigenvalue weighted by Crippen LogP contribution is 2.37. The Morgan fingerprint density at radius 2 is 2.09 bits per heavy atom. The molecule has 0 atom stereocenters. The van der Waals surface area contributed by atoms with Gasteiger partial charge in [-0.25, -0.2) is 0 Å². The van der Waals surface area contributed by atoms with Crippen molar-refractivity contribution < 1.29 is 9.53 Å². The average molecular weight is 502 g/mol. The van der Waals surface area contributed by atoms with E-state index in [2.05, 4.69) is 21.6 Å². The zero-order chi connectivity index (χ0) is 23.4. The number of hydrogen-bond donors (Lipinski definition) is 1. The van der Waals surface area contributed by atoms with E-state index in [1.807, 2.05) is 11.6 Å². The molecular weight excluding hydrogens is 478 g/mol. The second kappa shape index (κ2) is 10.6. The van der Waals surface area contributed by atoms with Gasteiger partial charge in [-0.15, -0.1) is 21.5 Å². The van der Waals surface area contributed by atoms with Gasteiger partial charge in [0.15, 0.2) is 11.0 Å². The number of amides is 1. The number of nitrogens with one attached hydrogen (secondary N) is 1. The number of nitrogens with zero attached hydrogens (tertiary/aromatic N) is 4. The third-order valence-electron chi connectivity index (χ3n) is 5.61. The van der Waals surface area contributed by atoms with Crippen LogP contribution in [0.5, 0.6) is 5.75 Å². The number of carbonyl (C=O) groups is 1. The Balaban J connectivity index is 1.46. The first-order chi connectivity index (χ1) is 16.0. The van der Waals surface area contributed by atoms with E-state index in [0.29, 0.717) is 32.3 Å². The number of anilines is 1. The summed E-state index contributed by atoms with van der Waals surface area (Å²) in [5.74, 6) is 1.23. The van der Waals surface area contributed by atoms with E-state index < -0.39 is 0 Å². The summed E-state index contributed by atoms with van der Waals surface area (Å²) in [6, 6.07) is 7.63. The molecule has 0 bridgehead atoms. The standard InChI is InChI=1S/C23H24ClN5O2S2/c1-29-21(16-11-14(24)9-10-18(16)31-2)27-28-23(29)32-13-20(30)26-22-17(12-25)15-7-5-3-4-6-8-19(15)33-22/h9-11H,3-8,13H2,1-2H3,(H,26,30). The number of hydrogen-bond acceptors (Lipinski definition) is 7. The maximum Gasteiger partial charge on any atom is 0.235 e. The molecule has 33 heavy (non-hydrogen) atoms. The lowest BCUT2D eigenvalue weighted by Crippen LogP contribution is -2.14. The first-order valence-corrected chi connectivity index (χ1v) is 12.9. The normalized spacial score (nSPS) is 13.5. The molecule has 1 amide bonds. The van der Waals surface area contributed by atoms with E-state index in [4.69, 9.17) is 16.3 Å². The Bertz CT molecular complexity index is 1210. The molecule has 1 aliphatic carbocycles. The number of nitriles is 1. The first-order valence-electron chi connectivity index (χ1n) is 10.7. The van der Waals surface area contributed by atoms with Crippen molar-refractivity contribution in [3.05, 3.63) is 39.2 Å². The van der Waals surface area contributed by atoms with Crippen molar-refractivity contribution >= 4 is 45.6 Å². The molecule has 0 aliphatic heterocycles. The molecule has 0 unspecified atom stereocenters. The third kappa shape index (κ3) is 5.18. The Morgan fingerprint density at radius 3 is 2.85 bits per heavy atom. The summed E-state index contributed by atoms with van der Waals surface area (Å²) in [4.78, 5) is 13.9. The summed E-state index contributed by atoms with van der Waals surface area (Å²) in [7, 11) is 3.42. The molecule has 0 radical (unpaired) electrons. The van der Waals surface area contributed by atoms with Gasteiger partial charge in [0.25, 0.3) is 0 Å². The van der Waals surface area contributed by atoms with Gasteiger partial charge in [-0.1, -0.05) is 36.2 Å². The zero-order valence-corrected chi connectivity index (χ0v) is 20.9. The molecule has 0 fully saturated rings. The first kappa shape index (κ1) is 23.6. The lowest BCUT2D eigenvalue weighted by atomic mass is 9.97. The van der Waals surface area contributed by atoms with E-state index in [1.54, 1.807) is 36.6 Å². The van der Waals surface area contributed by atoms with Crippen LogP contribution in [0.4, 0.5) is 5.00 Å². The SMILES string of the molecule is COc1ccc(Cl)cc1-c1nnc(SCC(=O)Nc2sc3c(c2C#N)CCCCCC3)n1C. The largest absolute Gasteiger partial charge is 0.496 e. The monoisotopic (exact) mass is 501 g/mol. The molecule has 1 aliphatic rings. The summed E-state index contributed by atoms with van der Waals surface area (Å²) in [6.45, 7) is 0. The number of rotatable bonds is 6. The summed E-state index contributed by atoms with van der Waals surface area (Å²) in [6.07, 6.45) is 6.53. The molecular formula is C23H24ClN5O2S2. The van der Waals surface area contributed by atoms with Crippen LogP contribution >= 0.6 is 34.7 Å². The van der Waals surface area contributed by atoms with E-state index >= 15 is 0 Å². The number of benzene rings is 1. The Kier molecular flexibility index (Phi) is 7.58. The number of thioether (sulfide) groups is 1. The number of aryl methyl sites for hydroxylation is 1. The van der Waals surface area contributed by atoms with Crippen molar-refractivity contribution in [1.29, 1.82) is 5.26 Å². The van der Waals surface area contributed by atoms with Crippen molar-refractivity contribution in [2.45, 2.75) is 43.7 Å². The van der Waals surface area contributed by atoms with Crippen molar-refractivity contribution in [3.63, 3.8) is 0 Å². The van der Waals surface area contributed by atoms with Gasteiger partial charge in [-0.05, 0) is 49.4 Å². The predicted molar refractivity (Wildman–Crippen MR) is 132 cm³/mol. The molecule has 10 heteroatoms. The lowest BCUT2D eigenvalue weighted by molar-refractivity contribution is -0.113. The van der Waals surface area contributed by atoms with Crippen LogP contribution in [0.15, 0.2) is 23.4 Å². The molecule has 2 heterocycles. The van der Waals surface area contributed by atoms with E-state index in [9.17, 15) is 10.1 Å². The van der Waals surface area contributed by atoms with Crippen molar-refractivity contribution in [2.75, 3.05) is 18.2 Å². The number of carbonyl (C=O) groups excluding carboxylic acids is 1. The Morgan fingerprint density at radius 1 is 1.30 bits per heavy atom. The quantitative estimate of drug-likeness (QED) is 0.450. The number of ether oxygens (including phenoxy) is 1. The van der Waals surface area contributed by atoms with Gasteiger partial charge in [0.2, 0.25) is 5.91 Å². The minimum Gasteiger partial charge on any atom is -0.496 e. The maximum atomic E-state index is 12.7. The number of methoxy groups -OCH3 is 1. The van der Waals surface area contributed by atoms with Crippen molar-refractivity contribution in [2.24, 2.45) is 7.05 Å². The van der Waals surface area contributed by atoms with Crippen LogP contribution < -0.4 is 10.1 Å². The molecule has 4 rings (SSSR count). The number of aromatic nitrogens is 3. The molecule has 3 aromatic rings. The molecule has 0 spiro atoms. The Hall–Kier alpha value is -2.54. The van der Waals surface area contributed by atoms with Gasteiger partial charge >= 0.3 is 0 Å². The minimum absolute atomic E-state index is 0.159. The average Bonchev–Trinajstić information content (AvgIpc) is 3.31. The highest BCUT2D eigenvalue weighted by molar-refractivity contribution is 7.99. The zero-order valence-electron chi connectivity index (χ0n) is 18.5. The van der Waals surface area contributed by atoms with Gasteiger partial charge in [0.1, 0.15) is 16.8 Å². The van der Waals surface area contributed by atoms with Gasteiger partial charge < -0.3 is 14.6 Å². The van der Waals surface area contributed by atoms with Crippen LogP contribution in [-0.2, 0) is 24.7 Å². The fraction of sp³-hybridized carbons (Fsp3) is 0.391. The van der Waals surface area contributed by atoms with Crippen LogP contribution in [0.25, 0.3) is 11.4 Å². The van der Waals surface area contributed by atoms with Crippen LogP contribution in [0, 0.1) is 11.3 Å². The molecule has 2 aromatic heterocycles. The van der Waals surface area contributed by atoms with Crippen molar-refractivity contribution in [1.82, 2.24) is 14.8 Å². The fourth-order valence-corrected chi connectivity index (χ4v) is 6.09. The molecule has 1 N–H and O–H groups in total. The van der Waals surface area contributed by atoms with Gasteiger partial charge in [-0.3, -0.25) is 4.79 Å². The summed E-state index contributed by atoms with van der Waals surface area (Å²) < 4.78 is 7.23. The highest BCUT2D eigenvalue weighted by Gasteiger charge is 2.21. The van der Waals surface area contributed by atoms with Gasteiger partial charge in [0, 0.05) is 16.9 Å². The van der Waals surface area contributed by atoms with Crippen LogP contribution in [0.1, 0.15) is 41.7 Å². The minimum atomic E-state index is -0.171. The fourth-order valence-electron chi connectivity index (χ4n) is 3.95. The number of fused-ring (bicyclic) bond motifs is 1. The number of thiophene rings is 1. The van der Waals surface area contributed by atoms with Crippen molar-refractivity contribution in [3.8, 4) is 23.2 Å². The summed E-state index contributed by atoms with van der Waals surface area (Å²) in [5.41, 5.74) is 2.48. The second-order valence-electron chi connectivity index (χ2n) is 7.78. The van der Waals surface area contributed by atoms with Crippen LogP contribution in [0.3, 0.4) is 0 Å². The maximum absolute atomic E-state index is 12.7. The van der Waals surface area contributed by atoms with E-state index in [-0.39, 0.29) is 11.7 Å². The Labute approximate surface area is 206 Å². The van der Waals surface area contributed by atoms with E-state index in [0.717, 1.165) is 36.8 Å². The summed E-state index contributed by atoms with van der Waals surface area (Å²) in [5, 5.41) is 23.0. The highest BCUT2D eigenvalue weighted by atomic mass is 35.5. The van der Waals surface area contributed by atoms with Gasteiger partial charge in [-0.2, -0.15) is 5.26 Å². The third-order valence-corrected chi connectivity index (χ3v) is 8.07. The molecule has 0 saturated carbocycles. The second-order valence-corrected chi connectivity index (χ2v) is 10.3. The van der Waals surface area contributed by atoms with Gasteiger partial charge in [0.05, 0.1) is 24.0 Å². The lowest BCUT2D eigenvalue weighted by Gasteiger charge is -2.09. The van der Waals surface area contributed by atoms with Crippen LogP contribution in [0.2, 0.25) is 5.02 Å². The van der Waals surface area contributed by atoms with Crippen LogP contribution in [-0.4, -0.2) is 33.5 Å². The molecule has 0 saturated heterocycles. The molecule has 1 aromatic carbocycles. The molecule has 7 nitrogen and oxygen atoms in total. The summed E-state index contributed by atoms with van der Waals surface area (Å²) >= 11 is 8.98. The topological polar surface area (TPSA) is 92.8 Å². The predicted octanol–water partition coefficient (Wildman–Crippen LogP) is 5.47.